The molecule has 3 aliphatic rings. The van der Waals surface area contributed by atoms with Crippen LogP contribution in [0, 0.1) is 5.92 Å². The third kappa shape index (κ3) is 3.89. The Bertz CT molecular complexity index is 1090. The molecule has 0 fully saturated rings. The van der Waals surface area contributed by atoms with Crippen molar-refractivity contribution in [2.45, 2.75) is 71.1 Å². The van der Waals surface area contributed by atoms with Gasteiger partial charge >= 0.3 is 0 Å². The summed E-state index contributed by atoms with van der Waals surface area (Å²) in [5.74, 6) is 0.390. The predicted octanol–water partition coefficient (Wildman–Crippen LogP) is 6.64. The van der Waals surface area contributed by atoms with Crippen LogP contribution in [0.15, 0.2) is 58.6 Å². The van der Waals surface area contributed by atoms with Gasteiger partial charge in [0.05, 0.1) is 5.75 Å². The molecule has 0 bridgehead atoms. The molecule has 0 saturated carbocycles. The van der Waals surface area contributed by atoms with Gasteiger partial charge in [-0.25, -0.2) is 8.42 Å². The lowest BCUT2D eigenvalue weighted by Gasteiger charge is -2.42. The molecule has 0 N–H and O–H groups in total. The van der Waals surface area contributed by atoms with Crippen molar-refractivity contribution in [2.75, 3.05) is 5.75 Å². The fourth-order valence-electron chi connectivity index (χ4n) is 5.08. The molecule has 0 aliphatic heterocycles. The molecule has 2 nitrogen and oxygen atoms in total. The van der Waals surface area contributed by atoms with Crippen LogP contribution in [0.5, 0.6) is 0 Å². The average molecular weight is 423 g/mol. The van der Waals surface area contributed by atoms with Gasteiger partial charge in [-0.1, -0.05) is 82.7 Å². The van der Waals surface area contributed by atoms with Gasteiger partial charge in [0, 0.05) is 10.8 Å². The van der Waals surface area contributed by atoms with Crippen molar-refractivity contribution in [1.29, 1.82) is 0 Å². The van der Waals surface area contributed by atoms with Gasteiger partial charge in [-0.3, -0.25) is 0 Å². The zero-order chi connectivity index (χ0) is 21.7. The fourth-order valence-corrected chi connectivity index (χ4v) is 6.16. The summed E-state index contributed by atoms with van der Waals surface area (Å²) >= 11 is 0. The van der Waals surface area contributed by atoms with Gasteiger partial charge in [0.15, 0.2) is 9.84 Å². The molecular weight excluding hydrogens is 388 g/mol. The van der Waals surface area contributed by atoms with Crippen molar-refractivity contribution in [3.8, 4) is 0 Å². The van der Waals surface area contributed by atoms with Gasteiger partial charge in [-0.15, -0.1) is 0 Å². The van der Waals surface area contributed by atoms with E-state index >= 15 is 0 Å². The molecule has 4 rings (SSSR count). The monoisotopic (exact) mass is 422 g/mol. The summed E-state index contributed by atoms with van der Waals surface area (Å²) in [5.41, 5.74) is 7.30. The highest BCUT2D eigenvalue weighted by Crippen LogP contribution is 2.46. The fraction of sp³-hybridized carbons (Fsp3) is 0.481. The summed E-state index contributed by atoms with van der Waals surface area (Å²) in [7, 11) is -3.10. The molecule has 1 aromatic carbocycles. The molecule has 1 aromatic rings. The van der Waals surface area contributed by atoms with Crippen LogP contribution < -0.4 is 0 Å². The van der Waals surface area contributed by atoms with Crippen molar-refractivity contribution in [3.05, 3.63) is 75.2 Å². The Morgan fingerprint density at radius 2 is 1.73 bits per heavy atom. The zero-order valence-electron chi connectivity index (χ0n) is 19.0. The van der Waals surface area contributed by atoms with Crippen LogP contribution in [-0.4, -0.2) is 14.2 Å². The van der Waals surface area contributed by atoms with E-state index in [2.05, 4.69) is 64.1 Å². The Labute approximate surface area is 182 Å². The van der Waals surface area contributed by atoms with Crippen LogP contribution in [0.3, 0.4) is 0 Å². The number of benzene rings is 1. The zero-order valence-corrected chi connectivity index (χ0v) is 19.8. The van der Waals surface area contributed by atoms with E-state index in [4.69, 9.17) is 0 Å². The summed E-state index contributed by atoms with van der Waals surface area (Å²) in [6, 6.07) is 6.99. The van der Waals surface area contributed by atoms with E-state index in [1.165, 1.54) is 40.7 Å². The standard InChI is InChI=1S/C27H34O2S/c1-6-30(28,29)23-11-10-21-16-19(7-9-22(21)18-23)15-20-8-12-24-25(17-20)27(4,5)14-13-26(24,2)3/h7-12,15,17,22H,6,13-14,16,18H2,1-5H3. The molecule has 3 aliphatic carbocycles. The van der Waals surface area contributed by atoms with E-state index in [1.807, 2.05) is 12.2 Å². The van der Waals surface area contributed by atoms with E-state index in [0.717, 1.165) is 6.42 Å². The summed E-state index contributed by atoms with van der Waals surface area (Å²) in [4.78, 5) is 0.579. The summed E-state index contributed by atoms with van der Waals surface area (Å²) in [5, 5.41) is 0. The van der Waals surface area contributed by atoms with Gasteiger partial charge in [-0.05, 0) is 64.9 Å². The second-order valence-electron chi connectivity index (χ2n) is 10.4. The quantitative estimate of drug-likeness (QED) is 0.547. The van der Waals surface area contributed by atoms with Gasteiger partial charge < -0.3 is 0 Å². The number of sulfone groups is 1. The van der Waals surface area contributed by atoms with Crippen molar-refractivity contribution in [1.82, 2.24) is 0 Å². The second kappa shape index (κ2) is 7.37. The highest BCUT2D eigenvalue weighted by atomic mass is 32.2. The van der Waals surface area contributed by atoms with E-state index < -0.39 is 9.84 Å². The normalized spacial score (nSPS) is 25.9. The molecular formula is C27H34O2S. The molecule has 0 spiro atoms. The van der Waals surface area contributed by atoms with Crippen LogP contribution in [-0.2, 0) is 20.7 Å². The number of rotatable bonds is 3. The summed E-state index contributed by atoms with van der Waals surface area (Å²) in [6.45, 7) is 11.2. The maximum atomic E-state index is 12.2. The SMILES string of the molecule is CCS(=O)(=O)C1=CC=C2CC(=Cc3ccc4c(c3)C(C)(C)CCC4(C)C)C=CC2C1. The van der Waals surface area contributed by atoms with Crippen molar-refractivity contribution in [3.63, 3.8) is 0 Å². The first-order valence-corrected chi connectivity index (χ1v) is 12.8. The summed E-state index contributed by atoms with van der Waals surface area (Å²) < 4.78 is 24.4. The van der Waals surface area contributed by atoms with Crippen molar-refractivity contribution >= 4 is 15.9 Å². The van der Waals surface area contributed by atoms with E-state index in [0.29, 0.717) is 11.3 Å². The molecule has 160 valence electrons. The van der Waals surface area contributed by atoms with Crippen molar-refractivity contribution in [2.24, 2.45) is 5.92 Å². The maximum absolute atomic E-state index is 12.2. The summed E-state index contributed by atoms with van der Waals surface area (Å²) in [6.07, 6.45) is 14.5. The topological polar surface area (TPSA) is 34.1 Å². The van der Waals surface area contributed by atoms with Gasteiger partial charge in [-0.2, -0.15) is 0 Å². The lowest BCUT2D eigenvalue weighted by Crippen LogP contribution is -2.33. The number of allylic oxidation sites excluding steroid dienone is 7. The molecule has 0 amide bonds. The number of hydrogen-bond acceptors (Lipinski definition) is 2. The third-order valence-corrected chi connectivity index (χ3v) is 9.20. The Balaban J connectivity index is 1.63. The predicted molar refractivity (Wildman–Crippen MR) is 127 cm³/mol. The maximum Gasteiger partial charge on any atom is 0.174 e. The van der Waals surface area contributed by atoms with Crippen LogP contribution in [0.4, 0.5) is 0 Å². The van der Waals surface area contributed by atoms with Crippen LogP contribution in [0.2, 0.25) is 0 Å². The van der Waals surface area contributed by atoms with Crippen molar-refractivity contribution < 1.29 is 8.42 Å². The minimum absolute atomic E-state index is 0.176. The Morgan fingerprint density at radius 1 is 1.03 bits per heavy atom. The van der Waals surface area contributed by atoms with Crippen LogP contribution in [0.1, 0.15) is 77.0 Å². The molecule has 30 heavy (non-hydrogen) atoms. The number of fused-ring (bicyclic) bond motifs is 2. The molecule has 0 heterocycles. The average Bonchev–Trinajstić information content (AvgIpc) is 2.71. The highest BCUT2D eigenvalue weighted by Gasteiger charge is 2.36. The molecule has 1 atom stereocenters. The lowest BCUT2D eigenvalue weighted by atomic mass is 9.63. The van der Waals surface area contributed by atoms with E-state index in [-0.39, 0.29) is 22.5 Å². The molecule has 0 aromatic heterocycles. The van der Waals surface area contributed by atoms with Gasteiger partial charge in [0.2, 0.25) is 0 Å². The Kier molecular flexibility index (Phi) is 5.25. The van der Waals surface area contributed by atoms with E-state index in [9.17, 15) is 8.42 Å². The van der Waals surface area contributed by atoms with E-state index in [1.54, 1.807) is 6.92 Å². The first kappa shape index (κ1) is 21.4. The van der Waals surface area contributed by atoms with Crippen LogP contribution in [0.25, 0.3) is 6.08 Å². The number of hydrogen-bond donors (Lipinski definition) is 0. The minimum Gasteiger partial charge on any atom is -0.224 e. The highest BCUT2D eigenvalue weighted by molar-refractivity contribution is 7.95. The lowest BCUT2D eigenvalue weighted by molar-refractivity contribution is 0.332. The molecule has 0 radical (unpaired) electrons. The Morgan fingerprint density at radius 3 is 2.43 bits per heavy atom. The molecule has 0 saturated heterocycles. The van der Waals surface area contributed by atoms with Crippen LogP contribution >= 0.6 is 0 Å². The minimum atomic E-state index is -3.10. The molecule has 3 heteroatoms. The third-order valence-electron chi connectivity index (χ3n) is 7.34. The largest absolute Gasteiger partial charge is 0.224 e. The first-order valence-electron chi connectivity index (χ1n) is 11.2. The van der Waals surface area contributed by atoms with Gasteiger partial charge in [0.25, 0.3) is 0 Å². The second-order valence-corrected chi connectivity index (χ2v) is 12.7. The molecule has 1 unspecified atom stereocenters. The smallest absolute Gasteiger partial charge is 0.174 e. The van der Waals surface area contributed by atoms with Gasteiger partial charge in [0.1, 0.15) is 0 Å². The Hall–Kier alpha value is -1.87. The first-order chi connectivity index (χ1) is 14.0.